The normalized spacial score (nSPS) is 10.6. The molecule has 0 atom stereocenters. The third-order valence-corrected chi connectivity index (χ3v) is 4.40. The zero-order valence-corrected chi connectivity index (χ0v) is 16.0. The van der Waals surface area contributed by atoms with Gasteiger partial charge in [0.15, 0.2) is 0 Å². The molecule has 6 nitrogen and oxygen atoms in total. The highest BCUT2D eigenvalue weighted by molar-refractivity contribution is 5.94. The Morgan fingerprint density at radius 3 is 2.52 bits per heavy atom. The molecular formula is C21H25N5O. The van der Waals surface area contributed by atoms with Gasteiger partial charge in [0.2, 0.25) is 0 Å². The Labute approximate surface area is 159 Å². The molecule has 0 aliphatic carbocycles. The van der Waals surface area contributed by atoms with E-state index in [0.29, 0.717) is 25.2 Å². The molecule has 1 amide bonds. The van der Waals surface area contributed by atoms with E-state index < -0.39 is 0 Å². The van der Waals surface area contributed by atoms with Crippen molar-refractivity contribution in [3.05, 3.63) is 76.9 Å². The average Bonchev–Trinajstić information content (AvgIpc) is 2.97. The van der Waals surface area contributed by atoms with Gasteiger partial charge in [-0.1, -0.05) is 12.1 Å². The lowest BCUT2D eigenvalue weighted by Gasteiger charge is -2.10. The molecule has 2 N–H and O–H groups in total. The van der Waals surface area contributed by atoms with Gasteiger partial charge in [0, 0.05) is 42.4 Å². The van der Waals surface area contributed by atoms with E-state index in [9.17, 15) is 4.79 Å². The number of anilines is 1. The van der Waals surface area contributed by atoms with E-state index in [4.69, 9.17) is 0 Å². The predicted octanol–water partition coefficient (Wildman–Crippen LogP) is 3.09. The van der Waals surface area contributed by atoms with E-state index in [2.05, 4.69) is 26.8 Å². The van der Waals surface area contributed by atoms with Gasteiger partial charge < -0.3 is 10.6 Å². The summed E-state index contributed by atoms with van der Waals surface area (Å²) in [5, 5.41) is 10.7. The minimum Gasteiger partial charge on any atom is -0.383 e. The first-order valence-electron chi connectivity index (χ1n) is 9.05. The SMILES string of the molecule is Cc1cc(C)n(Cc2ccc(C(=O)NCCNc3ccncc3C)cc2)n1. The highest BCUT2D eigenvalue weighted by Gasteiger charge is 2.06. The standard InChI is InChI=1S/C21H25N5O/c1-15-13-22-9-8-20(15)23-10-11-24-21(27)19-6-4-18(5-7-19)14-26-17(3)12-16(2)25-26/h4-9,12-13H,10-11,14H2,1-3H3,(H,22,23)(H,24,27). The summed E-state index contributed by atoms with van der Waals surface area (Å²) in [4.78, 5) is 16.3. The second kappa shape index (κ2) is 8.49. The monoisotopic (exact) mass is 363 g/mol. The van der Waals surface area contributed by atoms with Crippen LogP contribution in [0.3, 0.4) is 0 Å². The molecule has 2 heterocycles. The molecule has 0 bridgehead atoms. The van der Waals surface area contributed by atoms with Crippen LogP contribution in [-0.4, -0.2) is 33.8 Å². The molecule has 27 heavy (non-hydrogen) atoms. The maximum absolute atomic E-state index is 12.3. The summed E-state index contributed by atoms with van der Waals surface area (Å²) in [7, 11) is 0. The Bertz CT molecular complexity index is 915. The van der Waals surface area contributed by atoms with Crippen molar-refractivity contribution in [2.24, 2.45) is 0 Å². The number of carbonyl (C=O) groups excluding carboxylic acids is 1. The first-order chi connectivity index (χ1) is 13.0. The number of nitrogens with one attached hydrogen (secondary N) is 2. The number of amides is 1. The largest absolute Gasteiger partial charge is 0.383 e. The lowest BCUT2D eigenvalue weighted by Crippen LogP contribution is -2.28. The van der Waals surface area contributed by atoms with Gasteiger partial charge in [-0.2, -0.15) is 5.10 Å². The van der Waals surface area contributed by atoms with Crippen LogP contribution in [0.4, 0.5) is 5.69 Å². The van der Waals surface area contributed by atoms with Crippen molar-refractivity contribution < 1.29 is 4.79 Å². The summed E-state index contributed by atoms with van der Waals surface area (Å²) < 4.78 is 1.97. The van der Waals surface area contributed by atoms with Crippen LogP contribution in [0.15, 0.2) is 48.8 Å². The second-order valence-corrected chi connectivity index (χ2v) is 6.65. The molecule has 0 aliphatic heterocycles. The number of aromatic nitrogens is 3. The number of rotatable bonds is 7. The van der Waals surface area contributed by atoms with Crippen molar-refractivity contribution in [1.82, 2.24) is 20.1 Å². The molecule has 0 saturated carbocycles. The summed E-state index contributed by atoms with van der Waals surface area (Å²) in [6.07, 6.45) is 3.57. The number of carbonyl (C=O) groups is 1. The minimum absolute atomic E-state index is 0.0686. The van der Waals surface area contributed by atoms with E-state index >= 15 is 0 Å². The van der Waals surface area contributed by atoms with Gasteiger partial charge in [-0.25, -0.2) is 0 Å². The van der Waals surface area contributed by atoms with Crippen LogP contribution in [0.5, 0.6) is 0 Å². The van der Waals surface area contributed by atoms with Gasteiger partial charge in [0.25, 0.3) is 5.91 Å². The van der Waals surface area contributed by atoms with E-state index in [-0.39, 0.29) is 5.91 Å². The van der Waals surface area contributed by atoms with Crippen LogP contribution < -0.4 is 10.6 Å². The fraction of sp³-hybridized carbons (Fsp3) is 0.286. The predicted molar refractivity (Wildman–Crippen MR) is 107 cm³/mol. The minimum atomic E-state index is -0.0686. The van der Waals surface area contributed by atoms with Crippen molar-refractivity contribution in [3.8, 4) is 0 Å². The maximum Gasteiger partial charge on any atom is 0.251 e. The molecule has 0 unspecified atom stereocenters. The van der Waals surface area contributed by atoms with Crippen LogP contribution >= 0.6 is 0 Å². The smallest absolute Gasteiger partial charge is 0.251 e. The third kappa shape index (κ3) is 4.94. The van der Waals surface area contributed by atoms with Crippen LogP contribution in [-0.2, 0) is 6.54 Å². The first-order valence-corrected chi connectivity index (χ1v) is 9.05. The van der Waals surface area contributed by atoms with E-state index in [1.54, 1.807) is 6.20 Å². The summed E-state index contributed by atoms with van der Waals surface area (Å²) in [6.45, 7) is 7.95. The second-order valence-electron chi connectivity index (χ2n) is 6.65. The molecule has 0 radical (unpaired) electrons. The summed E-state index contributed by atoms with van der Waals surface area (Å²) in [5.41, 5.74) is 6.04. The number of hydrogen-bond donors (Lipinski definition) is 2. The number of aryl methyl sites for hydroxylation is 3. The van der Waals surface area contributed by atoms with E-state index in [0.717, 1.165) is 28.2 Å². The Morgan fingerprint density at radius 2 is 1.85 bits per heavy atom. The van der Waals surface area contributed by atoms with Crippen LogP contribution in [0.1, 0.15) is 32.9 Å². The molecule has 140 valence electrons. The zero-order chi connectivity index (χ0) is 19.2. The van der Waals surface area contributed by atoms with Gasteiger partial charge in [0.05, 0.1) is 12.2 Å². The molecule has 0 saturated heterocycles. The van der Waals surface area contributed by atoms with Gasteiger partial charge in [-0.3, -0.25) is 14.5 Å². The molecule has 2 aromatic heterocycles. The van der Waals surface area contributed by atoms with Crippen LogP contribution in [0, 0.1) is 20.8 Å². The Balaban J connectivity index is 1.49. The number of nitrogens with zero attached hydrogens (tertiary/aromatic N) is 3. The molecule has 0 aliphatic rings. The number of pyridine rings is 1. The van der Waals surface area contributed by atoms with Crippen LogP contribution in [0.25, 0.3) is 0 Å². The summed E-state index contributed by atoms with van der Waals surface area (Å²) >= 11 is 0. The average molecular weight is 363 g/mol. The molecule has 0 spiro atoms. The van der Waals surface area contributed by atoms with Gasteiger partial charge >= 0.3 is 0 Å². The Kier molecular flexibility index (Phi) is 5.86. The quantitative estimate of drug-likeness (QED) is 0.633. The molecule has 3 aromatic rings. The summed E-state index contributed by atoms with van der Waals surface area (Å²) in [5.74, 6) is -0.0686. The molecule has 6 heteroatoms. The Morgan fingerprint density at radius 1 is 1.07 bits per heavy atom. The Hall–Kier alpha value is -3.15. The number of hydrogen-bond acceptors (Lipinski definition) is 4. The highest BCUT2D eigenvalue weighted by Crippen LogP contribution is 2.11. The molecule has 0 fully saturated rings. The van der Waals surface area contributed by atoms with Crippen molar-refractivity contribution in [2.75, 3.05) is 18.4 Å². The number of benzene rings is 1. The van der Waals surface area contributed by atoms with Gasteiger partial charge in [0.1, 0.15) is 0 Å². The molecule has 3 rings (SSSR count). The van der Waals surface area contributed by atoms with Gasteiger partial charge in [-0.05, 0) is 56.2 Å². The lowest BCUT2D eigenvalue weighted by atomic mass is 10.1. The van der Waals surface area contributed by atoms with Gasteiger partial charge in [-0.15, -0.1) is 0 Å². The summed E-state index contributed by atoms with van der Waals surface area (Å²) in [6, 6.07) is 11.7. The third-order valence-electron chi connectivity index (χ3n) is 4.40. The lowest BCUT2D eigenvalue weighted by molar-refractivity contribution is 0.0955. The topological polar surface area (TPSA) is 71.8 Å². The highest BCUT2D eigenvalue weighted by atomic mass is 16.1. The molecule has 1 aromatic carbocycles. The first kappa shape index (κ1) is 18.6. The van der Waals surface area contributed by atoms with E-state index in [1.807, 2.05) is 62.0 Å². The fourth-order valence-corrected chi connectivity index (χ4v) is 2.92. The van der Waals surface area contributed by atoms with Crippen molar-refractivity contribution in [3.63, 3.8) is 0 Å². The van der Waals surface area contributed by atoms with E-state index in [1.165, 1.54) is 0 Å². The van der Waals surface area contributed by atoms with Crippen molar-refractivity contribution in [2.45, 2.75) is 27.3 Å². The van der Waals surface area contributed by atoms with Crippen molar-refractivity contribution >= 4 is 11.6 Å². The zero-order valence-electron chi connectivity index (χ0n) is 16.0. The maximum atomic E-state index is 12.3. The fourth-order valence-electron chi connectivity index (χ4n) is 2.92. The molecular weight excluding hydrogens is 338 g/mol. The van der Waals surface area contributed by atoms with Crippen LogP contribution in [0.2, 0.25) is 0 Å². The van der Waals surface area contributed by atoms with Crippen molar-refractivity contribution in [1.29, 1.82) is 0 Å².